The molecule has 1 aliphatic heterocycles. The maximum absolute atomic E-state index is 5.96. The standard InChI is InChI=1S/C17H18ClN/c18-16-8-6-14(7-9-16)17-15(10-11-19-17)12-13-4-2-1-3-5-13/h1-9,15,17,19H,10-12H2. The zero-order valence-corrected chi connectivity index (χ0v) is 11.6. The molecule has 2 atom stereocenters. The van der Waals surface area contributed by atoms with Gasteiger partial charge >= 0.3 is 0 Å². The summed E-state index contributed by atoms with van der Waals surface area (Å²) in [5.74, 6) is 0.670. The van der Waals surface area contributed by atoms with Crippen molar-refractivity contribution in [3.05, 3.63) is 70.7 Å². The third-order valence-electron chi connectivity index (χ3n) is 3.92. The summed E-state index contributed by atoms with van der Waals surface area (Å²) in [5, 5.41) is 4.43. The second-order valence-electron chi connectivity index (χ2n) is 5.22. The van der Waals surface area contributed by atoms with Gasteiger partial charge in [0, 0.05) is 11.1 Å². The molecule has 0 bridgehead atoms. The van der Waals surface area contributed by atoms with Gasteiger partial charge in [-0.1, -0.05) is 54.1 Å². The summed E-state index contributed by atoms with van der Waals surface area (Å²) >= 11 is 5.96. The van der Waals surface area contributed by atoms with Gasteiger partial charge in [0.25, 0.3) is 0 Å². The molecule has 0 aromatic heterocycles. The molecule has 1 heterocycles. The third-order valence-corrected chi connectivity index (χ3v) is 4.17. The highest BCUT2D eigenvalue weighted by molar-refractivity contribution is 6.30. The second-order valence-corrected chi connectivity index (χ2v) is 5.66. The molecule has 3 rings (SSSR count). The Morgan fingerprint density at radius 1 is 1.00 bits per heavy atom. The number of nitrogens with one attached hydrogen (secondary N) is 1. The van der Waals surface area contributed by atoms with Crippen molar-refractivity contribution in [2.24, 2.45) is 5.92 Å². The van der Waals surface area contributed by atoms with E-state index in [1.165, 1.54) is 17.5 Å². The minimum Gasteiger partial charge on any atom is -0.310 e. The molecule has 2 heteroatoms. The molecule has 1 aliphatic rings. The maximum atomic E-state index is 5.96. The van der Waals surface area contributed by atoms with Gasteiger partial charge in [0.05, 0.1) is 0 Å². The van der Waals surface area contributed by atoms with Crippen LogP contribution in [-0.2, 0) is 6.42 Å². The molecule has 1 N–H and O–H groups in total. The molecule has 2 unspecified atom stereocenters. The first-order chi connectivity index (χ1) is 9.33. The monoisotopic (exact) mass is 271 g/mol. The van der Waals surface area contributed by atoms with E-state index in [0.29, 0.717) is 12.0 Å². The Bertz CT molecular complexity index is 521. The molecule has 2 aromatic carbocycles. The molecule has 98 valence electrons. The Kier molecular flexibility index (Phi) is 3.86. The number of benzene rings is 2. The number of hydrogen-bond acceptors (Lipinski definition) is 1. The van der Waals surface area contributed by atoms with E-state index < -0.39 is 0 Å². The zero-order chi connectivity index (χ0) is 13.1. The average Bonchev–Trinajstić information content (AvgIpc) is 2.89. The van der Waals surface area contributed by atoms with Crippen LogP contribution in [0, 0.1) is 5.92 Å². The Morgan fingerprint density at radius 2 is 1.74 bits per heavy atom. The van der Waals surface area contributed by atoms with Crippen molar-refractivity contribution in [2.45, 2.75) is 18.9 Å². The van der Waals surface area contributed by atoms with Crippen molar-refractivity contribution < 1.29 is 0 Å². The lowest BCUT2D eigenvalue weighted by atomic mass is 9.89. The van der Waals surface area contributed by atoms with Crippen molar-refractivity contribution in [1.82, 2.24) is 5.32 Å². The number of halogens is 1. The van der Waals surface area contributed by atoms with E-state index in [-0.39, 0.29) is 0 Å². The minimum absolute atomic E-state index is 0.456. The summed E-state index contributed by atoms with van der Waals surface area (Å²) < 4.78 is 0. The minimum atomic E-state index is 0.456. The van der Waals surface area contributed by atoms with Crippen LogP contribution >= 0.6 is 11.6 Å². The fourth-order valence-electron chi connectivity index (χ4n) is 2.95. The molecular weight excluding hydrogens is 254 g/mol. The van der Waals surface area contributed by atoms with Crippen molar-refractivity contribution in [3.63, 3.8) is 0 Å². The van der Waals surface area contributed by atoms with Gasteiger partial charge in [0.15, 0.2) is 0 Å². The molecule has 0 spiro atoms. The molecule has 0 amide bonds. The Labute approximate surface area is 119 Å². The van der Waals surface area contributed by atoms with Gasteiger partial charge in [-0.3, -0.25) is 0 Å². The zero-order valence-electron chi connectivity index (χ0n) is 10.9. The highest BCUT2D eigenvalue weighted by Crippen LogP contribution is 2.32. The van der Waals surface area contributed by atoms with E-state index in [4.69, 9.17) is 11.6 Å². The number of hydrogen-bond donors (Lipinski definition) is 1. The molecule has 1 saturated heterocycles. The van der Waals surface area contributed by atoms with Crippen molar-refractivity contribution in [1.29, 1.82) is 0 Å². The molecule has 1 nitrogen and oxygen atoms in total. The number of rotatable bonds is 3. The highest BCUT2D eigenvalue weighted by Gasteiger charge is 2.27. The van der Waals surface area contributed by atoms with Crippen LogP contribution < -0.4 is 5.32 Å². The van der Waals surface area contributed by atoms with E-state index in [1.807, 2.05) is 12.1 Å². The summed E-state index contributed by atoms with van der Waals surface area (Å²) in [6, 6.07) is 19.5. The van der Waals surface area contributed by atoms with Gasteiger partial charge in [-0.2, -0.15) is 0 Å². The summed E-state index contributed by atoms with van der Waals surface area (Å²) in [7, 11) is 0. The molecule has 1 fully saturated rings. The van der Waals surface area contributed by atoms with Crippen LogP contribution in [0.4, 0.5) is 0 Å². The van der Waals surface area contributed by atoms with Crippen LogP contribution in [0.3, 0.4) is 0 Å². The lowest BCUT2D eigenvalue weighted by molar-refractivity contribution is 0.460. The van der Waals surface area contributed by atoms with Crippen LogP contribution in [0.5, 0.6) is 0 Å². The van der Waals surface area contributed by atoms with Crippen molar-refractivity contribution in [3.8, 4) is 0 Å². The first-order valence-electron chi connectivity index (χ1n) is 6.86. The smallest absolute Gasteiger partial charge is 0.0406 e. The third kappa shape index (κ3) is 2.99. The van der Waals surface area contributed by atoms with Gasteiger partial charge in [-0.25, -0.2) is 0 Å². The first kappa shape index (κ1) is 12.7. The van der Waals surface area contributed by atoms with Gasteiger partial charge in [-0.15, -0.1) is 0 Å². The lowest BCUT2D eigenvalue weighted by Gasteiger charge is -2.20. The quantitative estimate of drug-likeness (QED) is 0.881. The van der Waals surface area contributed by atoms with E-state index in [9.17, 15) is 0 Å². The summed E-state index contributed by atoms with van der Waals surface area (Å²) in [6.07, 6.45) is 2.38. The Balaban J connectivity index is 1.76. The van der Waals surface area contributed by atoms with Gasteiger partial charge < -0.3 is 5.32 Å². The molecule has 0 saturated carbocycles. The maximum Gasteiger partial charge on any atom is 0.0406 e. The summed E-state index contributed by atoms with van der Waals surface area (Å²) in [5.41, 5.74) is 2.78. The van der Waals surface area contributed by atoms with Crippen LogP contribution in [0.1, 0.15) is 23.6 Å². The lowest BCUT2D eigenvalue weighted by Crippen LogP contribution is -2.19. The van der Waals surface area contributed by atoms with Crippen LogP contribution in [-0.4, -0.2) is 6.54 Å². The molecular formula is C17H18ClN. The van der Waals surface area contributed by atoms with E-state index in [2.05, 4.69) is 47.8 Å². The summed E-state index contributed by atoms with van der Waals surface area (Å²) in [6.45, 7) is 1.10. The predicted octanol–water partition coefficient (Wildman–Crippen LogP) is 4.23. The molecule has 0 aliphatic carbocycles. The van der Waals surface area contributed by atoms with Crippen molar-refractivity contribution in [2.75, 3.05) is 6.54 Å². The van der Waals surface area contributed by atoms with E-state index in [1.54, 1.807) is 0 Å². The van der Waals surface area contributed by atoms with Gasteiger partial charge in [0.2, 0.25) is 0 Å². The van der Waals surface area contributed by atoms with E-state index >= 15 is 0 Å². The largest absolute Gasteiger partial charge is 0.310 e. The topological polar surface area (TPSA) is 12.0 Å². The molecule has 0 radical (unpaired) electrons. The second kappa shape index (κ2) is 5.77. The predicted molar refractivity (Wildman–Crippen MR) is 80.4 cm³/mol. The first-order valence-corrected chi connectivity index (χ1v) is 7.23. The SMILES string of the molecule is Clc1ccc(C2NCCC2Cc2ccccc2)cc1. The van der Waals surface area contributed by atoms with Crippen LogP contribution in [0.15, 0.2) is 54.6 Å². The van der Waals surface area contributed by atoms with Gasteiger partial charge in [0.1, 0.15) is 0 Å². The average molecular weight is 272 g/mol. The van der Waals surface area contributed by atoms with Crippen LogP contribution in [0.2, 0.25) is 5.02 Å². The van der Waals surface area contributed by atoms with Crippen LogP contribution in [0.25, 0.3) is 0 Å². The van der Waals surface area contributed by atoms with E-state index in [0.717, 1.165) is 18.0 Å². The fraction of sp³-hybridized carbons (Fsp3) is 0.294. The summed E-state index contributed by atoms with van der Waals surface area (Å²) in [4.78, 5) is 0. The van der Waals surface area contributed by atoms with Crippen molar-refractivity contribution >= 4 is 11.6 Å². The Hall–Kier alpha value is -1.31. The highest BCUT2D eigenvalue weighted by atomic mass is 35.5. The normalized spacial score (nSPS) is 22.6. The fourth-order valence-corrected chi connectivity index (χ4v) is 3.08. The molecule has 19 heavy (non-hydrogen) atoms. The Morgan fingerprint density at radius 3 is 2.47 bits per heavy atom. The van der Waals surface area contributed by atoms with Gasteiger partial charge in [-0.05, 0) is 48.6 Å². The molecule has 2 aromatic rings.